The van der Waals surface area contributed by atoms with E-state index in [1.807, 2.05) is 29.2 Å². The lowest BCUT2D eigenvalue weighted by atomic mass is 10.1. The maximum atomic E-state index is 12.5. The second-order valence-electron chi connectivity index (χ2n) is 6.53. The largest absolute Gasteiger partial charge is 0.495 e. The summed E-state index contributed by atoms with van der Waals surface area (Å²) in [7, 11) is 1.59. The van der Waals surface area contributed by atoms with Crippen LogP contribution in [0.15, 0.2) is 48.5 Å². The molecule has 0 unspecified atom stereocenters. The molecule has 0 aliphatic carbocycles. The van der Waals surface area contributed by atoms with Crippen molar-refractivity contribution in [3.63, 3.8) is 0 Å². The molecule has 1 fully saturated rings. The third kappa shape index (κ3) is 5.00. The minimum atomic E-state index is -0.170. The molecular weight excluding hydrogens is 342 g/mol. The first kappa shape index (κ1) is 18.8. The monoisotopic (exact) mass is 367 g/mol. The fourth-order valence-corrected chi connectivity index (χ4v) is 3.15. The van der Waals surface area contributed by atoms with Crippen molar-refractivity contribution in [2.24, 2.45) is 0 Å². The molecule has 0 aromatic heterocycles. The molecule has 1 aliphatic rings. The molecule has 1 saturated heterocycles. The molecule has 27 heavy (non-hydrogen) atoms. The summed E-state index contributed by atoms with van der Waals surface area (Å²) in [6, 6.07) is 14.5. The average molecular weight is 367 g/mol. The van der Waals surface area contributed by atoms with E-state index in [0.29, 0.717) is 17.0 Å². The highest BCUT2D eigenvalue weighted by atomic mass is 16.5. The Hall–Kier alpha value is -3.02. The zero-order valence-electron chi connectivity index (χ0n) is 15.5. The first-order valence-electron chi connectivity index (χ1n) is 9.23. The van der Waals surface area contributed by atoms with Gasteiger partial charge in [0.2, 0.25) is 5.91 Å². The van der Waals surface area contributed by atoms with Gasteiger partial charge in [0.1, 0.15) is 5.75 Å². The summed E-state index contributed by atoms with van der Waals surface area (Å²) in [6.45, 7) is 1.77. The van der Waals surface area contributed by atoms with Gasteiger partial charge in [-0.05, 0) is 55.7 Å². The van der Waals surface area contributed by atoms with Crippen LogP contribution in [0.4, 0.5) is 11.4 Å². The van der Waals surface area contributed by atoms with Crippen molar-refractivity contribution in [3.05, 3.63) is 54.1 Å². The molecule has 0 atom stereocenters. The number of amides is 2. The van der Waals surface area contributed by atoms with E-state index >= 15 is 0 Å². The first-order chi connectivity index (χ1) is 13.2. The van der Waals surface area contributed by atoms with E-state index in [2.05, 4.69) is 10.6 Å². The van der Waals surface area contributed by atoms with Gasteiger partial charge in [-0.3, -0.25) is 9.59 Å². The van der Waals surface area contributed by atoms with Crippen LogP contribution in [0.1, 0.15) is 29.6 Å². The topological polar surface area (TPSA) is 70.7 Å². The normalized spacial score (nSPS) is 13.7. The van der Waals surface area contributed by atoms with E-state index in [0.717, 1.165) is 31.6 Å². The lowest BCUT2D eigenvalue weighted by Crippen LogP contribution is -2.35. The molecule has 0 radical (unpaired) electrons. The molecule has 2 amide bonds. The number of piperidine rings is 1. The van der Waals surface area contributed by atoms with E-state index in [9.17, 15) is 9.59 Å². The predicted octanol–water partition coefficient (Wildman–Crippen LogP) is 3.37. The fourth-order valence-electron chi connectivity index (χ4n) is 3.15. The lowest BCUT2D eigenvalue weighted by Gasteiger charge is -2.26. The minimum absolute atomic E-state index is 0.0606. The van der Waals surface area contributed by atoms with Gasteiger partial charge >= 0.3 is 0 Å². The molecule has 0 saturated carbocycles. The van der Waals surface area contributed by atoms with E-state index in [4.69, 9.17) is 4.74 Å². The van der Waals surface area contributed by atoms with Crippen molar-refractivity contribution in [3.8, 4) is 5.75 Å². The van der Waals surface area contributed by atoms with E-state index in [-0.39, 0.29) is 18.4 Å². The van der Waals surface area contributed by atoms with Crippen LogP contribution < -0.4 is 15.4 Å². The molecule has 2 N–H and O–H groups in total. The van der Waals surface area contributed by atoms with Crippen molar-refractivity contribution in [1.82, 2.24) is 4.90 Å². The van der Waals surface area contributed by atoms with Gasteiger partial charge in [-0.25, -0.2) is 0 Å². The van der Waals surface area contributed by atoms with Gasteiger partial charge < -0.3 is 20.3 Å². The molecular formula is C21H25N3O3. The molecule has 1 heterocycles. The van der Waals surface area contributed by atoms with Crippen molar-refractivity contribution in [2.75, 3.05) is 37.4 Å². The van der Waals surface area contributed by atoms with Crippen molar-refractivity contribution in [1.29, 1.82) is 0 Å². The minimum Gasteiger partial charge on any atom is -0.495 e. The quantitative estimate of drug-likeness (QED) is 0.821. The third-order valence-electron chi connectivity index (χ3n) is 4.61. The number of carbonyl (C=O) groups is 2. The highest BCUT2D eigenvalue weighted by molar-refractivity contribution is 5.96. The number of carbonyl (C=O) groups excluding carboxylic acids is 2. The average Bonchev–Trinajstić information content (AvgIpc) is 2.73. The number of nitrogens with zero attached hydrogens (tertiary/aromatic N) is 1. The molecule has 0 spiro atoms. The Balaban J connectivity index is 1.53. The van der Waals surface area contributed by atoms with Gasteiger partial charge in [0, 0.05) is 24.3 Å². The van der Waals surface area contributed by atoms with Gasteiger partial charge in [-0.15, -0.1) is 0 Å². The molecule has 0 bridgehead atoms. The number of rotatable bonds is 6. The van der Waals surface area contributed by atoms with Crippen molar-refractivity contribution < 1.29 is 14.3 Å². The molecule has 1 aliphatic heterocycles. The number of benzene rings is 2. The SMILES string of the molecule is COc1ccccc1NCC(=O)Nc1ccc(C(=O)N2CCCCC2)cc1. The van der Waals surface area contributed by atoms with Gasteiger partial charge in [-0.1, -0.05) is 12.1 Å². The number of hydrogen-bond acceptors (Lipinski definition) is 4. The van der Waals surface area contributed by atoms with Crippen LogP contribution in [0.25, 0.3) is 0 Å². The number of hydrogen-bond donors (Lipinski definition) is 2. The molecule has 6 heteroatoms. The lowest BCUT2D eigenvalue weighted by molar-refractivity contribution is -0.114. The molecule has 2 aromatic carbocycles. The Bertz CT molecular complexity index is 784. The summed E-state index contributed by atoms with van der Waals surface area (Å²) in [4.78, 5) is 26.5. The molecule has 142 valence electrons. The summed E-state index contributed by atoms with van der Waals surface area (Å²) < 4.78 is 5.25. The van der Waals surface area contributed by atoms with Crippen LogP contribution in [0.5, 0.6) is 5.75 Å². The summed E-state index contributed by atoms with van der Waals surface area (Å²) in [5, 5.41) is 5.89. The number of nitrogens with one attached hydrogen (secondary N) is 2. The van der Waals surface area contributed by atoms with E-state index in [1.165, 1.54) is 6.42 Å². The number of anilines is 2. The molecule has 3 rings (SSSR count). The first-order valence-corrected chi connectivity index (χ1v) is 9.23. The number of ether oxygens (including phenoxy) is 1. The Kier molecular flexibility index (Phi) is 6.30. The third-order valence-corrected chi connectivity index (χ3v) is 4.61. The number of likely N-dealkylation sites (tertiary alicyclic amines) is 1. The highest BCUT2D eigenvalue weighted by Crippen LogP contribution is 2.22. The Morgan fingerprint density at radius 2 is 1.70 bits per heavy atom. The van der Waals surface area contributed by atoms with Gasteiger partial charge in [0.05, 0.1) is 19.3 Å². The summed E-state index contributed by atoms with van der Waals surface area (Å²) in [6.07, 6.45) is 3.33. The van der Waals surface area contributed by atoms with Crippen LogP contribution in [0.3, 0.4) is 0 Å². The smallest absolute Gasteiger partial charge is 0.253 e. The highest BCUT2D eigenvalue weighted by Gasteiger charge is 2.18. The number of methoxy groups -OCH3 is 1. The molecule has 2 aromatic rings. The van der Waals surface area contributed by atoms with Gasteiger partial charge in [-0.2, -0.15) is 0 Å². The Morgan fingerprint density at radius 1 is 1.00 bits per heavy atom. The predicted molar refractivity (Wildman–Crippen MR) is 106 cm³/mol. The zero-order chi connectivity index (χ0) is 19.1. The standard InChI is InChI=1S/C21H25N3O3/c1-27-19-8-4-3-7-18(19)22-15-20(25)23-17-11-9-16(10-12-17)21(26)24-13-5-2-6-14-24/h3-4,7-12,22H,2,5-6,13-15H2,1H3,(H,23,25). The van der Waals surface area contributed by atoms with E-state index in [1.54, 1.807) is 31.4 Å². The maximum Gasteiger partial charge on any atom is 0.253 e. The second-order valence-corrected chi connectivity index (χ2v) is 6.53. The van der Waals surface area contributed by atoms with Crippen LogP contribution in [0.2, 0.25) is 0 Å². The van der Waals surface area contributed by atoms with E-state index < -0.39 is 0 Å². The zero-order valence-corrected chi connectivity index (χ0v) is 15.5. The second kappa shape index (κ2) is 9.07. The molecule has 6 nitrogen and oxygen atoms in total. The summed E-state index contributed by atoms with van der Waals surface area (Å²) in [5.41, 5.74) is 2.08. The number of para-hydroxylation sites is 2. The van der Waals surface area contributed by atoms with Crippen molar-refractivity contribution in [2.45, 2.75) is 19.3 Å². The van der Waals surface area contributed by atoms with Gasteiger partial charge in [0.25, 0.3) is 5.91 Å². The van der Waals surface area contributed by atoms with Crippen molar-refractivity contribution >= 4 is 23.2 Å². The Labute approximate surface area is 159 Å². The Morgan fingerprint density at radius 3 is 2.41 bits per heavy atom. The summed E-state index contributed by atoms with van der Waals surface area (Å²) in [5.74, 6) is 0.576. The van der Waals surface area contributed by atoms with Crippen LogP contribution >= 0.6 is 0 Å². The van der Waals surface area contributed by atoms with Crippen LogP contribution in [-0.4, -0.2) is 43.5 Å². The maximum absolute atomic E-state index is 12.5. The van der Waals surface area contributed by atoms with Gasteiger partial charge in [0.15, 0.2) is 0 Å². The summed E-state index contributed by atoms with van der Waals surface area (Å²) >= 11 is 0. The van der Waals surface area contributed by atoms with Crippen LogP contribution in [0, 0.1) is 0 Å². The fraction of sp³-hybridized carbons (Fsp3) is 0.333. The van der Waals surface area contributed by atoms with Crippen LogP contribution in [-0.2, 0) is 4.79 Å².